The van der Waals surface area contributed by atoms with Gasteiger partial charge in [-0.05, 0) is 43.7 Å². The van der Waals surface area contributed by atoms with Crippen LogP contribution in [-0.2, 0) is 6.54 Å². The highest BCUT2D eigenvalue weighted by Crippen LogP contribution is 2.29. The lowest BCUT2D eigenvalue weighted by Gasteiger charge is -2.24. The summed E-state index contributed by atoms with van der Waals surface area (Å²) in [7, 11) is 0. The van der Waals surface area contributed by atoms with Gasteiger partial charge in [-0.2, -0.15) is 0 Å². The number of rotatable bonds is 5. The van der Waals surface area contributed by atoms with Gasteiger partial charge < -0.3 is 15.1 Å². The van der Waals surface area contributed by atoms with Crippen LogP contribution in [0.1, 0.15) is 27.3 Å². The van der Waals surface area contributed by atoms with Crippen molar-refractivity contribution in [1.29, 1.82) is 0 Å². The van der Waals surface area contributed by atoms with Crippen molar-refractivity contribution >= 4 is 11.6 Å². The van der Waals surface area contributed by atoms with E-state index in [1.807, 2.05) is 68.4 Å². The van der Waals surface area contributed by atoms with E-state index in [0.29, 0.717) is 12.2 Å². The molecule has 0 radical (unpaired) electrons. The van der Waals surface area contributed by atoms with Crippen LogP contribution in [0.2, 0.25) is 0 Å². The molecule has 0 aliphatic rings. The van der Waals surface area contributed by atoms with Crippen LogP contribution in [0.15, 0.2) is 79.0 Å². The second-order valence-corrected chi connectivity index (χ2v) is 7.57. The monoisotopic (exact) mass is 425 g/mol. The number of aryl methyl sites for hydroxylation is 2. The van der Waals surface area contributed by atoms with Gasteiger partial charge in [-0.15, -0.1) is 0 Å². The molecule has 1 amide bonds. The summed E-state index contributed by atoms with van der Waals surface area (Å²) in [5, 5.41) is 19.8. The Hall–Kier alpha value is -4.19. The van der Waals surface area contributed by atoms with Gasteiger partial charge in [0, 0.05) is 23.5 Å². The Bertz CT molecular complexity index is 1260. The van der Waals surface area contributed by atoms with Gasteiger partial charge in [-0.25, -0.2) is 4.98 Å². The molecule has 3 aromatic carbocycles. The molecular formula is C26H23N3O3. The van der Waals surface area contributed by atoms with Gasteiger partial charge in [-0.3, -0.25) is 9.78 Å². The molecule has 0 unspecified atom stereocenters. The van der Waals surface area contributed by atoms with E-state index in [1.165, 1.54) is 12.1 Å². The van der Waals surface area contributed by atoms with E-state index in [-0.39, 0.29) is 23.0 Å². The van der Waals surface area contributed by atoms with Crippen LogP contribution in [0.25, 0.3) is 11.3 Å². The number of phenols is 2. The van der Waals surface area contributed by atoms with Crippen molar-refractivity contribution in [2.45, 2.75) is 20.4 Å². The van der Waals surface area contributed by atoms with Gasteiger partial charge in [0.1, 0.15) is 11.5 Å². The lowest BCUT2D eigenvalue weighted by atomic mass is 10.1. The number of amides is 1. The Morgan fingerprint density at radius 3 is 2.34 bits per heavy atom. The van der Waals surface area contributed by atoms with E-state index in [9.17, 15) is 15.0 Å². The fourth-order valence-electron chi connectivity index (χ4n) is 3.50. The summed E-state index contributed by atoms with van der Waals surface area (Å²) >= 11 is 0. The van der Waals surface area contributed by atoms with Crippen molar-refractivity contribution in [3.8, 4) is 22.8 Å². The number of phenolic OH excluding ortho intramolecular Hbond substituents is 2. The standard InChI is InChI=1S/C26H23N3O3/c1-17-15-27-18(2)25(28-17)20-8-10-21(11-9-20)29(16-19-6-4-3-5-7-19)26(32)23-13-12-22(30)14-24(23)31/h3-15,30-31H,16H2,1-2H3. The predicted octanol–water partition coefficient (Wildman–Crippen LogP) is 5.02. The average Bonchev–Trinajstić information content (AvgIpc) is 2.79. The topological polar surface area (TPSA) is 86.6 Å². The number of hydrogen-bond acceptors (Lipinski definition) is 5. The van der Waals surface area contributed by atoms with Crippen LogP contribution in [0.4, 0.5) is 5.69 Å². The largest absolute Gasteiger partial charge is 0.508 e. The van der Waals surface area contributed by atoms with E-state index in [1.54, 1.807) is 11.1 Å². The highest BCUT2D eigenvalue weighted by atomic mass is 16.3. The zero-order valence-corrected chi connectivity index (χ0v) is 17.9. The first-order chi connectivity index (χ1) is 15.4. The molecule has 0 aliphatic carbocycles. The van der Waals surface area contributed by atoms with E-state index < -0.39 is 0 Å². The van der Waals surface area contributed by atoms with Crippen LogP contribution in [-0.4, -0.2) is 26.1 Å². The molecule has 0 aliphatic heterocycles. The normalized spacial score (nSPS) is 10.7. The summed E-state index contributed by atoms with van der Waals surface area (Å²) in [6, 6.07) is 21.1. The van der Waals surface area contributed by atoms with Gasteiger partial charge in [-0.1, -0.05) is 42.5 Å². The third kappa shape index (κ3) is 4.44. The highest BCUT2D eigenvalue weighted by Gasteiger charge is 2.21. The molecule has 0 saturated heterocycles. The molecule has 0 bridgehead atoms. The van der Waals surface area contributed by atoms with Gasteiger partial charge in [0.25, 0.3) is 5.91 Å². The fourth-order valence-corrected chi connectivity index (χ4v) is 3.50. The van der Waals surface area contributed by atoms with Crippen LogP contribution in [0.5, 0.6) is 11.5 Å². The Morgan fingerprint density at radius 1 is 0.938 bits per heavy atom. The molecule has 0 fully saturated rings. The Kier molecular flexibility index (Phi) is 5.85. The molecule has 2 N–H and O–H groups in total. The van der Waals surface area contributed by atoms with Crippen LogP contribution in [0.3, 0.4) is 0 Å². The van der Waals surface area contributed by atoms with E-state index in [4.69, 9.17) is 0 Å². The molecule has 0 spiro atoms. The zero-order valence-electron chi connectivity index (χ0n) is 17.9. The van der Waals surface area contributed by atoms with Gasteiger partial charge in [0.2, 0.25) is 0 Å². The molecule has 160 valence electrons. The molecule has 32 heavy (non-hydrogen) atoms. The lowest BCUT2D eigenvalue weighted by molar-refractivity contribution is 0.0982. The highest BCUT2D eigenvalue weighted by molar-refractivity contribution is 6.08. The minimum absolute atomic E-state index is 0.104. The minimum atomic E-state index is -0.370. The van der Waals surface area contributed by atoms with Gasteiger partial charge in [0.15, 0.2) is 0 Å². The summed E-state index contributed by atoms with van der Waals surface area (Å²) in [6.07, 6.45) is 1.73. The SMILES string of the molecule is Cc1cnc(C)c(-c2ccc(N(Cc3ccccc3)C(=O)c3ccc(O)cc3O)cc2)n1. The number of hydrogen-bond donors (Lipinski definition) is 2. The predicted molar refractivity (Wildman–Crippen MR) is 124 cm³/mol. The van der Waals surface area contributed by atoms with Crippen LogP contribution in [0, 0.1) is 13.8 Å². The smallest absolute Gasteiger partial charge is 0.262 e. The van der Waals surface area contributed by atoms with Gasteiger partial charge >= 0.3 is 0 Å². The summed E-state index contributed by atoms with van der Waals surface area (Å²) in [5.74, 6) is -0.742. The molecular weight excluding hydrogens is 402 g/mol. The van der Waals surface area contributed by atoms with Crippen molar-refractivity contribution in [1.82, 2.24) is 9.97 Å². The van der Waals surface area contributed by atoms with Gasteiger partial charge in [0.05, 0.1) is 29.2 Å². The van der Waals surface area contributed by atoms with E-state index >= 15 is 0 Å². The van der Waals surface area contributed by atoms with E-state index in [0.717, 1.165) is 34.3 Å². The molecule has 6 heteroatoms. The first-order valence-corrected chi connectivity index (χ1v) is 10.2. The maximum absolute atomic E-state index is 13.4. The molecule has 0 saturated carbocycles. The Labute approximate surface area is 186 Å². The van der Waals surface area contributed by atoms with Crippen molar-refractivity contribution in [2.24, 2.45) is 0 Å². The number of aromatic hydroxyl groups is 2. The third-order valence-electron chi connectivity index (χ3n) is 5.17. The number of aromatic nitrogens is 2. The second kappa shape index (κ2) is 8.89. The lowest BCUT2D eigenvalue weighted by Crippen LogP contribution is -2.30. The fraction of sp³-hybridized carbons (Fsp3) is 0.115. The summed E-state index contributed by atoms with van der Waals surface area (Å²) in [5.41, 5.74) is 5.10. The zero-order chi connectivity index (χ0) is 22.7. The maximum Gasteiger partial charge on any atom is 0.262 e. The number of nitrogens with zero attached hydrogens (tertiary/aromatic N) is 3. The molecule has 1 heterocycles. The molecule has 4 rings (SSSR count). The molecule has 6 nitrogen and oxygen atoms in total. The van der Waals surface area contributed by atoms with Crippen molar-refractivity contribution < 1.29 is 15.0 Å². The Balaban J connectivity index is 1.72. The quantitative estimate of drug-likeness (QED) is 0.469. The number of anilines is 1. The Morgan fingerprint density at radius 2 is 1.66 bits per heavy atom. The molecule has 1 aromatic heterocycles. The van der Waals surface area contributed by atoms with Crippen molar-refractivity contribution in [3.63, 3.8) is 0 Å². The third-order valence-corrected chi connectivity index (χ3v) is 5.17. The summed E-state index contributed by atoms with van der Waals surface area (Å²) in [4.78, 5) is 24.0. The minimum Gasteiger partial charge on any atom is -0.508 e. The molecule has 0 atom stereocenters. The van der Waals surface area contributed by atoms with Crippen molar-refractivity contribution in [2.75, 3.05) is 4.90 Å². The summed E-state index contributed by atoms with van der Waals surface area (Å²) < 4.78 is 0. The van der Waals surface area contributed by atoms with Crippen molar-refractivity contribution in [3.05, 3.63) is 102 Å². The number of carbonyl (C=O) groups excluding carboxylic acids is 1. The number of carbonyl (C=O) groups is 1. The van der Waals surface area contributed by atoms with E-state index in [2.05, 4.69) is 9.97 Å². The first kappa shape index (κ1) is 21.1. The summed E-state index contributed by atoms with van der Waals surface area (Å²) in [6.45, 7) is 4.13. The van der Waals surface area contributed by atoms with Crippen LogP contribution < -0.4 is 4.90 Å². The first-order valence-electron chi connectivity index (χ1n) is 10.2. The van der Waals surface area contributed by atoms with Crippen LogP contribution >= 0.6 is 0 Å². The average molecular weight is 425 g/mol. The number of benzene rings is 3. The molecule has 4 aromatic rings. The second-order valence-electron chi connectivity index (χ2n) is 7.57. The maximum atomic E-state index is 13.4.